The Morgan fingerprint density at radius 3 is 2.48 bits per heavy atom. The molecule has 4 aromatic rings. The second-order valence-corrected chi connectivity index (χ2v) is 7.37. The van der Waals surface area contributed by atoms with Gasteiger partial charge in [0.05, 0.1) is 12.2 Å². The molecule has 0 unspecified atom stereocenters. The zero-order chi connectivity index (χ0) is 23.4. The molecule has 33 heavy (non-hydrogen) atoms. The van der Waals surface area contributed by atoms with Crippen LogP contribution in [0.2, 0.25) is 0 Å². The molecule has 0 aliphatic heterocycles. The molecule has 4 rings (SSSR count). The van der Waals surface area contributed by atoms with Gasteiger partial charge in [0.25, 0.3) is 5.56 Å². The second kappa shape index (κ2) is 9.35. The monoisotopic (exact) mass is 444 g/mol. The van der Waals surface area contributed by atoms with Gasteiger partial charge >= 0.3 is 5.69 Å². The first-order chi connectivity index (χ1) is 15.9. The fourth-order valence-electron chi connectivity index (χ4n) is 3.42. The van der Waals surface area contributed by atoms with Gasteiger partial charge in [0.1, 0.15) is 17.2 Å². The van der Waals surface area contributed by atoms with Crippen LogP contribution in [0.25, 0.3) is 5.69 Å². The third-order valence-corrected chi connectivity index (χ3v) is 5.02. The minimum Gasteiger partial charge on any atom is -0.493 e. The van der Waals surface area contributed by atoms with Crippen LogP contribution in [-0.2, 0) is 6.54 Å². The van der Waals surface area contributed by atoms with E-state index in [2.05, 4.69) is 15.3 Å². The summed E-state index contributed by atoms with van der Waals surface area (Å²) in [5.41, 5.74) is 0.541. The minimum absolute atomic E-state index is 0.0338. The molecule has 0 saturated carbocycles. The highest BCUT2D eigenvalue weighted by atomic mass is 19.1. The third-order valence-electron chi connectivity index (χ3n) is 5.02. The Labute approximate surface area is 188 Å². The summed E-state index contributed by atoms with van der Waals surface area (Å²) in [4.78, 5) is 32.1. The van der Waals surface area contributed by atoms with Gasteiger partial charge in [-0.25, -0.2) is 13.8 Å². The number of benzene rings is 3. The normalized spacial score (nSPS) is 11.4. The number of aromatic amines is 1. The Balaban J connectivity index is 1.88. The van der Waals surface area contributed by atoms with Gasteiger partial charge in [-0.15, -0.1) is 0 Å². The van der Waals surface area contributed by atoms with E-state index in [0.717, 1.165) is 10.1 Å². The summed E-state index contributed by atoms with van der Waals surface area (Å²) in [6.07, 6.45) is 0. The molecule has 8 heteroatoms. The Bertz CT molecular complexity index is 1440. The number of halogens is 1. The minimum atomic E-state index is -0.802. The zero-order valence-electron chi connectivity index (χ0n) is 17.7. The number of H-pyrrole nitrogens is 1. The molecular weight excluding hydrogens is 423 g/mol. The lowest BCUT2D eigenvalue weighted by Crippen LogP contribution is -2.35. The van der Waals surface area contributed by atoms with Gasteiger partial charge < -0.3 is 10.4 Å². The van der Waals surface area contributed by atoms with Crippen LogP contribution in [-0.4, -0.2) is 20.5 Å². The van der Waals surface area contributed by atoms with E-state index in [1.54, 1.807) is 67.6 Å². The summed E-state index contributed by atoms with van der Waals surface area (Å²) < 4.78 is 14.6. The number of aromatic hydroxyl groups is 1. The van der Waals surface area contributed by atoms with Crippen molar-refractivity contribution in [2.75, 3.05) is 5.32 Å². The van der Waals surface area contributed by atoms with Crippen molar-refractivity contribution in [2.45, 2.75) is 13.5 Å². The first-order valence-corrected chi connectivity index (χ1v) is 10.2. The summed E-state index contributed by atoms with van der Waals surface area (Å²) in [5.74, 6) is -0.930. The maximum atomic E-state index is 13.6. The standard InChI is InChI=1S/C25H21FN4O3/c1-16-8-5-6-13-20(16)30-24(32)21(23(31)29-25(30)33)22(28-19-11-3-2-4-12-19)27-15-17-9-7-10-18(26)14-17/h2-14,32H,15H2,1H3,(H,27,28)(H,29,31,33). The summed E-state index contributed by atoms with van der Waals surface area (Å²) in [6, 6.07) is 21.8. The molecule has 0 atom stereocenters. The molecule has 0 fully saturated rings. The second-order valence-electron chi connectivity index (χ2n) is 7.37. The van der Waals surface area contributed by atoms with Crippen molar-refractivity contribution in [3.8, 4) is 11.6 Å². The van der Waals surface area contributed by atoms with E-state index in [1.165, 1.54) is 12.1 Å². The quantitative estimate of drug-likeness (QED) is 0.323. The van der Waals surface area contributed by atoms with E-state index in [0.29, 0.717) is 16.9 Å². The molecule has 0 saturated heterocycles. The van der Waals surface area contributed by atoms with Gasteiger partial charge in [0, 0.05) is 5.69 Å². The molecule has 0 spiro atoms. The lowest BCUT2D eigenvalue weighted by atomic mass is 10.2. The van der Waals surface area contributed by atoms with Crippen molar-refractivity contribution in [1.29, 1.82) is 0 Å². The van der Waals surface area contributed by atoms with Gasteiger partial charge in [0.15, 0.2) is 0 Å². The van der Waals surface area contributed by atoms with Gasteiger partial charge in [-0.1, -0.05) is 48.5 Å². The fourth-order valence-corrected chi connectivity index (χ4v) is 3.42. The number of amidine groups is 1. The van der Waals surface area contributed by atoms with Crippen LogP contribution >= 0.6 is 0 Å². The number of aryl methyl sites for hydroxylation is 1. The molecule has 0 aliphatic carbocycles. The zero-order valence-corrected chi connectivity index (χ0v) is 17.7. The number of rotatable bonds is 5. The number of nitrogens with one attached hydrogen (secondary N) is 2. The Morgan fingerprint density at radius 1 is 1.03 bits per heavy atom. The largest absolute Gasteiger partial charge is 0.493 e. The number of anilines is 1. The van der Waals surface area contributed by atoms with Crippen LogP contribution in [0.3, 0.4) is 0 Å². The molecule has 1 heterocycles. The molecule has 3 aromatic carbocycles. The number of hydrogen-bond acceptors (Lipinski definition) is 4. The van der Waals surface area contributed by atoms with Gasteiger partial charge in [0.2, 0.25) is 5.88 Å². The van der Waals surface area contributed by atoms with E-state index in [1.807, 2.05) is 6.07 Å². The highest BCUT2D eigenvalue weighted by Crippen LogP contribution is 2.21. The van der Waals surface area contributed by atoms with Crippen molar-refractivity contribution in [3.63, 3.8) is 0 Å². The van der Waals surface area contributed by atoms with Crippen molar-refractivity contribution in [1.82, 2.24) is 9.55 Å². The molecule has 3 N–H and O–H groups in total. The molecular formula is C25H21FN4O3. The topological polar surface area (TPSA) is 99.5 Å². The van der Waals surface area contributed by atoms with E-state index in [4.69, 9.17) is 0 Å². The fraction of sp³-hybridized carbons (Fsp3) is 0.0800. The average molecular weight is 444 g/mol. The number of para-hydroxylation sites is 2. The van der Waals surface area contributed by atoms with Crippen molar-refractivity contribution < 1.29 is 9.50 Å². The maximum absolute atomic E-state index is 13.6. The number of nitrogens with zero attached hydrogens (tertiary/aromatic N) is 2. The summed E-state index contributed by atoms with van der Waals surface area (Å²) >= 11 is 0. The van der Waals surface area contributed by atoms with E-state index in [9.17, 15) is 19.1 Å². The summed E-state index contributed by atoms with van der Waals surface area (Å²) in [5, 5.41) is 14.1. The number of hydrogen-bond donors (Lipinski definition) is 3. The SMILES string of the molecule is Cc1ccccc1-n1c(O)c(C(=NCc2cccc(F)c2)Nc2ccccc2)c(=O)[nH]c1=O. The van der Waals surface area contributed by atoms with Crippen LogP contribution < -0.4 is 16.6 Å². The molecule has 7 nitrogen and oxygen atoms in total. The van der Waals surface area contributed by atoms with E-state index in [-0.39, 0.29) is 17.9 Å². The summed E-state index contributed by atoms with van der Waals surface area (Å²) in [7, 11) is 0. The number of aliphatic imine (C=N–C) groups is 1. The highest BCUT2D eigenvalue weighted by molar-refractivity contribution is 6.09. The molecule has 166 valence electrons. The van der Waals surface area contributed by atoms with E-state index >= 15 is 0 Å². The highest BCUT2D eigenvalue weighted by Gasteiger charge is 2.21. The Morgan fingerprint density at radius 2 is 1.76 bits per heavy atom. The van der Waals surface area contributed by atoms with Crippen molar-refractivity contribution in [2.24, 2.45) is 4.99 Å². The van der Waals surface area contributed by atoms with Crippen LogP contribution in [0.1, 0.15) is 16.7 Å². The van der Waals surface area contributed by atoms with Crippen molar-refractivity contribution in [3.05, 3.63) is 122 Å². The predicted molar refractivity (Wildman–Crippen MR) is 126 cm³/mol. The third kappa shape index (κ3) is 4.74. The Hall–Kier alpha value is -4.46. The average Bonchev–Trinajstić information content (AvgIpc) is 2.79. The molecule has 0 radical (unpaired) electrons. The first kappa shape index (κ1) is 21.8. The smallest absolute Gasteiger partial charge is 0.335 e. The molecule has 0 aliphatic rings. The molecule has 0 amide bonds. The predicted octanol–water partition coefficient (Wildman–Crippen LogP) is 3.74. The Kier molecular flexibility index (Phi) is 6.17. The van der Waals surface area contributed by atoms with Crippen LogP contribution in [0, 0.1) is 12.7 Å². The van der Waals surface area contributed by atoms with E-state index < -0.39 is 22.9 Å². The maximum Gasteiger partial charge on any atom is 0.335 e. The summed E-state index contributed by atoms with van der Waals surface area (Å²) in [6.45, 7) is 1.82. The lowest BCUT2D eigenvalue weighted by Gasteiger charge is -2.16. The molecule has 0 bridgehead atoms. The lowest BCUT2D eigenvalue weighted by molar-refractivity contribution is 0.429. The van der Waals surface area contributed by atoms with Crippen LogP contribution in [0.4, 0.5) is 10.1 Å². The van der Waals surface area contributed by atoms with Gasteiger partial charge in [-0.3, -0.25) is 14.8 Å². The van der Waals surface area contributed by atoms with Crippen LogP contribution in [0.15, 0.2) is 93.4 Å². The molecule has 1 aromatic heterocycles. The first-order valence-electron chi connectivity index (χ1n) is 10.2. The van der Waals surface area contributed by atoms with Crippen molar-refractivity contribution >= 4 is 11.5 Å². The number of aromatic nitrogens is 2. The van der Waals surface area contributed by atoms with Gasteiger partial charge in [-0.2, -0.15) is 0 Å². The van der Waals surface area contributed by atoms with Crippen LogP contribution in [0.5, 0.6) is 5.88 Å². The van der Waals surface area contributed by atoms with Gasteiger partial charge in [-0.05, 0) is 48.4 Å².